The Hall–Kier alpha value is -2.50. The van der Waals surface area contributed by atoms with Gasteiger partial charge in [0.15, 0.2) is 5.96 Å². The summed E-state index contributed by atoms with van der Waals surface area (Å²) in [6.45, 7) is 9.01. The van der Waals surface area contributed by atoms with Crippen LogP contribution in [0.5, 0.6) is 0 Å². The van der Waals surface area contributed by atoms with Crippen LogP contribution in [0.2, 0.25) is 0 Å². The number of guanidine groups is 1. The summed E-state index contributed by atoms with van der Waals surface area (Å²) in [5.41, 5.74) is 2.42. The van der Waals surface area contributed by atoms with Crippen LogP contribution < -0.4 is 10.2 Å². The van der Waals surface area contributed by atoms with E-state index in [2.05, 4.69) is 65.4 Å². The number of carbonyl (C=O) groups excluding carboxylic acids is 1. The summed E-state index contributed by atoms with van der Waals surface area (Å²) in [6, 6.07) is 8.61. The van der Waals surface area contributed by atoms with Crippen LogP contribution in [0.1, 0.15) is 19.4 Å². The lowest BCUT2D eigenvalue weighted by atomic mass is 9.99. The van der Waals surface area contributed by atoms with E-state index in [-0.39, 0.29) is 17.8 Å². The van der Waals surface area contributed by atoms with Crippen LogP contribution in [0.15, 0.2) is 41.4 Å². The van der Waals surface area contributed by atoms with Gasteiger partial charge in [0.25, 0.3) is 0 Å². The summed E-state index contributed by atoms with van der Waals surface area (Å²) in [5, 5.41) is 3.36. The number of carbonyl (C=O) groups is 1. The zero-order chi connectivity index (χ0) is 19.2. The van der Waals surface area contributed by atoms with Crippen LogP contribution in [0.25, 0.3) is 0 Å². The molecule has 6 heteroatoms. The van der Waals surface area contributed by atoms with E-state index in [1.54, 1.807) is 0 Å². The number of hydrogen-bond donors (Lipinski definition) is 1. The number of ether oxygens (including phenoxy) is 1. The largest absolute Gasteiger partial charge is 0.469 e. The first kappa shape index (κ1) is 19.3. The van der Waals surface area contributed by atoms with Crippen LogP contribution in [0.4, 0.5) is 5.69 Å². The fourth-order valence-corrected chi connectivity index (χ4v) is 3.69. The van der Waals surface area contributed by atoms with Crippen LogP contribution in [-0.2, 0) is 16.1 Å². The lowest BCUT2D eigenvalue weighted by Gasteiger charge is -2.21. The van der Waals surface area contributed by atoms with Crippen molar-refractivity contribution in [2.75, 3.05) is 44.7 Å². The minimum Gasteiger partial charge on any atom is -0.469 e. The van der Waals surface area contributed by atoms with E-state index in [4.69, 9.17) is 9.73 Å². The molecule has 1 aromatic rings. The molecule has 0 spiro atoms. The van der Waals surface area contributed by atoms with Crippen molar-refractivity contribution in [2.24, 2.45) is 16.8 Å². The Labute approximate surface area is 161 Å². The molecule has 2 aliphatic heterocycles. The number of nitrogens with one attached hydrogen (secondary N) is 1. The zero-order valence-corrected chi connectivity index (χ0v) is 16.5. The van der Waals surface area contributed by atoms with Crippen molar-refractivity contribution in [3.8, 4) is 0 Å². The average molecular weight is 370 g/mol. The molecule has 27 heavy (non-hydrogen) atoms. The monoisotopic (exact) mass is 370 g/mol. The maximum atomic E-state index is 12.0. The van der Waals surface area contributed by atoms with Gasteiger partial charge in [0.05, 0.1) is 19.6 Å². The van der Waals surface area contributed by atoms with Crippen molar-refractivity contribution in [3.63, 3.8) is 0 Å². The highest BCUT2D eigenvalue weighted by Gasteiger charge is 2.36. The average Bonchev–Trinajstić information content (AvgIpc) is 3.35. The molecule has 0 bridgehead atoms. The Morgan fingerprint density at radius 1 is 1.22 bits per heavy atom. The molecule has 2 heterocycles. The van der Waals surface area contributed by atoms with E-state index < -0.39 is 0 Å². The van der Waals surface area contributed by atoms with Crippen molar-refractivity contribution < 1.29 is 9.53 Å². The maximum Gasteiger partial charge on any atom is 0.310 e. The lowest BCUT2D eigenvalue weighted by Crippen LogP contribution is -2.40. The van der Waals surface area contributed by atoms with Crippen LogP contribution in [-0.4, -0.2) is 56.7 Å². The predicted octanol–water partition coefficient (Wildman–Crippen LogP) is 2.27. The summed E-state index contributed by atoms with van der Waals surface area (Å²) >= 11 is 0. The Kier molecular flexibility index (Phi) is 6.37. The first-order valence-electron chi connectivity index (χ1n) is 9.72. The summed E-state index contributed by atoms with van der Waals surface area (Å²) in [4.78, 5) is 21.2. The zero-order valence-electron chi connectivity index (χ0n) is 16.5. The molecule has 1 saturated heterocycles. The topological polar surface area (TPSA) is 57.2 Å². The normalized spacial score (nSPS) is 22.4. The molecular weight excluding hydrogens is 340 g/mol. The van der Waals surface area contributed by atoms with E-state index in [1.807, 2.05) is 0 Å². The summed E-state index contributed by atoms with van der Waals surface area (Å²) in [6.07, 6.45) is 4.39. The van der Waals surface area contributed by atoms with Gasteiger partial charge in [-0.3, -0.25) is 4.79 Å². The number of likely N-dealkylation sites (tertiary alicyclic amines) is 1. The summed E-state index contributed by atoms with van der Waals surface area (Å²) < 4.78 is 4.94. The molecule has 0 amide bonds. The summed E-state index contributed by atoms with van der Waals surface area (Å²) in [7, 11) is 1.46. The molecule has 2 atom stereocenters. The number of methoxy groups -OCH3 is 1. The van der Waals surface area contributed by atoms with Crippen LogP contribution >= 0.6 is 0 Å². The second-order valence-electron chi connectivity index (χ2n) is 7.22. The van der Waals surface area contributed by atoms with Crippen molar-refractivity contribution >= 4 is 17.6 Å². The van der Waals surface area contributed by atoms with E-state index in [9.17, 15) is 4.79 Å². The van der Waals surface area contributed by atoms with E-state index in [0.717, 1.165) is 32.1 Å². The number of hydrogen-bond acceptors (Lipinski definition) is 4. The second-order valence-corrected chi connectivity index (χ2v) is 7.22. The van der Waals surface area contributed by atoms with Crippen molar-refractivity contribution in [2.45, 2.75) is 20.4 Å². The third-order valence-corrected chi connectivity index (χ3v) is 5.28. The molecule has 1 fully saturated rings. The minimum atomic E-state index is -0.132. The van der Waals surface area contributed by atoms with Crippen molar-refractivity contribution in [1.29, 1.82) is 0 Å². The predicted molar refractivity (Wildman–Crippen MR) is 109 cm³/mol. The van der Waals surface area contributed by atoms with Gasteiger partial charge in [0.2, 0.25) is 0 Å². The molecule has 2 aliphatic rings. The van der Waals surface area contributed by atoms with Crippen molar-refractivity contribution in [3.05, 3.63) is 42.0 Å². The molecule has 146 valence electrons. The quantitative estimate of drug-likeness (QED) is 0.373. The van der Waals surface area contributed by atoms with Gasteiger partial charge < -0.3 is 19.9 Å². The Bertz CT molecular complexity index is 691. The standard InChI is InChI=1S/C21H30N4O2/c1-4-22-21(25-14-16(2)19(15-25)20(26)27-3)23-13-17-7-9-18(10-8-17)24-11-5-6-12-24/h5-10,16,19H,4,11-15H2,1-3H3,(H,22,23). The number of aliphatic imine (C=N–C) groups is 1. The van der Waals surface area contributed by atoms with Crippen molar-refractivity contribution in [1.82, 2.24) is 10.2 Å². The third-order valence-electron chi connectivity index (χ3n) is 5.28. The molecule has 0 aliphatic carbocycles. The Morgan fingerprint density at radius 2 is 1.93 bits per heavy atom. The van der Waals surface area contributed by atoms with Gasteiger partial charge >= 0.3 is 5.97 Å². The Balaban J connectivity index is 1.64. The van der Waals surface area contributed by atoms with Gasteiger partial charge in [-0.2, -0.15) is 0 Å². The number of benzene rings is 1. The van der Waals surface area contributed by atoms with E-state index in [0.29, 0.717) is 13.1 Å². The molecule has 6 nitrogen and oxygen atoms in total. The molecule has 0 saturated carbocycles. The minimum absolute atomic E-state index is 0.0905. The number of esters is 1. The second kappa shape index (κ2) is 8.93. The highest BCUT2D eigenvalue weighted by molar-refractivity contribution is 5.82. The molecular formula is C21H30N4O2. The number of rotatable bonds is 5. The SMILES string of the molecule is CCNC(=NCc1ccc(N2CC=CC2)cc1)N1CC(C)C(C(=O)OC)C1. The molecule has 1 aromatic carbocycles. The highest BCUT2D eigenvalue weighted by atomic mass is 16.5. The third kappa shape index (κ3) is 4.62. The van der Waals surface area contributed by atoms with Gasteiger partial charge in [0.1, 0.15) is 0 Å². The van der Waals surface area contributed by atoms with Crippen LogP contribution in [0.3, 0.4) is 0 Å². The number of anilines is 1. The smallest absolute Gasteiger partial charge is 0.310 e. The molecule has 0 aromatic heterocycles. The fourth-order valence-electron chi connectivity index (χ4n) is 3.69. The van der Waals surface area contributed by atoms with E-state index >= 15 is 0 Å². The van der Waals surface area contributed by atoms with Gasteiger partial charge in [-0.15, -0.1) is 0 Å². The highest BCUT2D eigenvalue weighted by Crippen LogP contribution is 2.24. The first-order chi connectivity index (χ1) is 13.1. The van der Waals surface area contributed by atoms with Gasteiger partial charge in [-0.1, -0.05) is 31.2 Å². The maximum absolute atomic E-state index is 12.0. The Morgan fingerprint density at radius 3 is 2.56 bits per heavy atom. The van der Waals surface area contributed by atoms with Gasteiger partial charge in [0, 0.05) is 38.4 Å². The van der Waals surface area contributed by atoms with Gasteiger partial charge in [-0.25, -0.2) is 4.99 Å². The van der Waals surface area contributed by atoms with E-state index in [1.165, 1.54) is 18.4 Å². The number of nitrogens with zero attached hydrogens (tertiary/aromatic N) is 3. The summed E-state index contributed by atoms with van der Waals surface area (Å²) in [5.74, 6) is 0.901. The molecule has 1 N–H and O–H groups in total. The lowest BCUT2D eigenvalue weighted by molar-refractivity contribution is -0.145. The molecule has 2 unspecified atom stereocenters. The molecule has 3 rings (SSSR count). The van der Waals surface area contributed by atoms with Crippen LogP contribution in [0, 0.1) is 11.8 Å². The van der Waals surface area contributed by atoms with Gasteiger partial charge in [-0.05, 0) is 30.5 Å². The first-order valence-corrected chi connectivity index (χ1v) is 9.72. The fraction of sp³-hybridized carbons (Fsp3) is 0.524. The molecule has 0 radical (unpaired) electrons.